The van der Waals surface area contributed by atoms with Crippen LogP contribution in [-0.4, -0.2) is 31.4 Å². The Morgan fingerprint density at radius 3 is 2.61 bits per heavy atom. The molecule has 23 heavy (non-hydrogen) atoms. The van der Waals surface area contributed by atoms with Crippen LogP contribution in [0.25, 0.3) is 11.0 Å². The normalized spacial score (nSPS) is 11.0. The van der Waals surface area contributed by atoms with E-state index in [0.717, 1.165) is 5.56 Å². The van der Waals surface area contributed by atoms with Crippen LogP contribution in [0.2, 0.25) is 0 Å². The number of nitrogens with one attached hydrogen (secondary N) is 2. The highest BCUT2D eigenvalue weighted by Crippen LogP contribution is 2.15. The van der Waals surface area contributed by atoms with Crippen molar-refractivity contribution in [1.82, 2.24) is 24.3 Å². The zero-order valence-corrected chi connectivity index (χ0v) is 13.0. The second-order valence-electron chi connectivity index (χ2n) is 5.23. The highest BCUT2D eigenvalue weighted by Gasteiger charge is 2.18. The third kappa shape index (κ3) is 2.52. The SMILES string of the molecule is CCCn1c(=O)c2c(NC)[nH]nc2n(Cc2ccncc2)c1=O. The minimum Gasteiger partial charge on any atom is -0.373 e. The molecule has 8 nitrogen and oxygen atoms in total. The summed E-state index contributed by atoms with van der Waals surface area (Å²) in [5, 5.41) is 10.2. The number of hydrogen-bond acceptors (Lipinski definition) is 5. The summed E-state index contributed by atoms with van der Waals surface area (Å²) in [7, 11) is 1.70. The lowest BCUT2D eigenvalue weighted by molar-refractivity contribution is 0.579. The van der Waals surface area contributed by atoms with Crippen molar-refractivity contribution in [2.24, 2.45) is 0 Å². The number of H-pyrrole nitrogens is 1. The average molecular weight is 314 g/mol. The highest BCUT2D eigenvalue weighted by molar-refractivity contribution is 5.86. The van der Waals surface area contributed by atoms with Crippen LogP contribution in [0.15, 0.2) is 34.1 Å². The maximum absolute atomic E-state index is 12.7. The molecule has 0 amide bonds. The molecular formula is C15H18N6O2. The summed E-state index contributed by atoms with van der Waals surface area (Å²) in [5.74, 6) is 0.512. The van der Waals surface area contributed by atoms with Gasteiger partial charge in [0.25, 0.3) is 5.56 Å². The van der Waals surface area contributed by atoms with Crippen molar-refractivity contribution in [3.63, 3.8) is 0 Å². The highest BCUT2D eigenvalue weighted by atomic mass is 16.2. The van der Waals surface area contributed by atoms with Crippen molar-refractivity contribution in [1.29, 1.82) is 0 Å². The summed E-state index contributed by atoms with van der Waals surface area (Å²) in [6, 6.07) is 3.67. The number of aromatic nitrogens is 5. The fourth-order valence-electron chi connectivity index (χ4n) is 2.60. The molecule has 0 aliphatic rings. The van der Waals surface area contributed by atoms with Gasteiger partial charge in [0.15, 0.2) is 5.65 Å². The lowest BCUT2D eigenvalue weighted by Gasteiger charge is -2.11. The molecule has 0 unspecified atom stereocenters. The van der Waals surface area contributed by atoms with Crippen molar-refractivity contribution in [3.8, 4) is 0 Å². The average Bonchev–Trinajstić information content (AvgIpc) is 3.00. The quantitative estimate of drug-likeness (QED) is 0.725. The molecule has 0 radical (unpaired) electrons. The van der Waals surface area contributed by atoms with Crippen LogP contribution in [0.5, 0.6) is 0 Å². The van der Waals surface area contributed by atoms with Gasteiger partial charge in [0.05, 0.1) is 6.54 Å². The Labute approximate surface area is 131 Å². The van der Waals surface area contributed by atoms with E-state index in [1.807, 2.05) is 19.1 Å². The topological polar surface area (TPSA) is 97.6 Å². The van der Waals surface area contributed by atoms with Crippen molar-refractivity contribution < 1.29 is 0 Å². The first kappa shape index (κ1) is 15.0. The zero-order chi connectivity index (χ0) is 16.4. The van der Waals surface area contributed by atoms with E-state index in [9.17, 15) is 9.59 Å². The Morgan fingerprint density at radius 2 is 1.96 bits per heavy atom. The van der Waals surface area contributed by atoms with Crippen LogP contribution in [0, 0.1) is 0 Å². The van der Waals surface area contributed by atoms with Gasteiger partial charge in [-0.25, -0.2) is 4.79 Å². The third-order valence-electron chi connectivity index (χ3n) is 3.71. The fraction of sp³-hybridized carbons (Fsp3) is 0.333. The minimum atomic E-state index is -0.352. The van der Waals surface area contributed by atoms with Gasteiger partial charge < -0.3 is 5.32 Å². The standard InChI is InChI=1S/C15H18N6O2/c1-3-8-20-14(22)11-12(16-2)18-19-13(11)21(15(20)23)9-10-4-6-17-7-5-10/h4-7H,3,8-9H2,1-2H3,(H2,16,18,19). The van der Waals surface area contributed by atoms with Gasteiger partial charge in [-0.05, 0) is 24.1 Å². The number of fused-ring (bicyclic) bond motifs is 1. The van der Waals surface area contributed by atoms with Gasteiger partial charge in [0, 0.05) is 26.0 Å². The Morgan fingerprint density at radius 1 is 1.22 bits per heavy atom. The number of aromatic amines is 1. The second kappa shape index (κ2) is 6.07. The first-order valence-electron chi connectivity index (χ1n) is 7.45. The van der Waals surface area contributed by atoms with Gasteiger partial charge in [-0.15, -0.1) is 0 Å². The van der Waals surface area contributed by atoms with Crippen LogP contribution < -0.4 is 16.6 Å². The lowest BCUT2D eigenvalue weighted by Crippen LogP contribution is -2.40. The predicted molar refractivity (Wildman–Crippen MR) is 87.8 cm³/mol. The van der Waals surface area contributed by atoms with Crippen molar-refractivity contribution >= 4 is 16.9 Å². The maximum Gasteiger partial charge on any atom is 0.333 e. The zero-order valence-electron chi connectivity index (χ0n) is 13.0. The summed E-state index contributed by atoms with van der Waals surface area (Å²) < 4.78 is 2.78. The second-order valence-corrected chi connectivity index (χ2v) is 5.23. The van der Waals surface area contributed by atoms with E-state index in [4.69, 9.17) is 0 Å². The van der Waals surface area contributed by atoms with Crippen molar-refractivity contribution in [3.05, 3.63) is 50.9 Å². The van der Waals surface area contributed by atoms with E-state index >= 15 is 0 Å². The molecule has 0 saturated carbocycles. The number of rotatable bonds is 5. The molecule has 3 aromatic heterocycles. The summed E-state index contributed by atoms with van der Waals surface area (Å²) in [6.45, 7) is 2.63. The number of pyridine rings is 1. The minimum absolute atomic E-state index is 0.323. The first-order valence-corrected chi connectivity index (χ1v) is 7.45. The Bertz CT molecular complexity index is 938. The van der Waals surface area contributed by atoms with E-state index in [-0.39, 0.29) is 11.2 Å². The monoisotopic (exact) mass is 314 g/mol. The van der Waals surface area contributed by atoms with Crippen LogP contribution in [0.3, 0.4) is 0 Å². The number of anilines is 1. The molecule has 8 heteroatoms. The number of nitrogens with zero attached hydrogens (tertiary/aromatic N) is 4. The van der Waals surface area contributed by atoms with Crippen LogP contribution in [0.4, 0.5) is 5.82 Å². The molecule has 0 atom stereocenters. The van der Waals surface area contributed by atoms with Crippen LogP contribution in [0.1, 0.15) is 18.9 Å². The molecule has 120 valence electrons. The van der Waals surface area contributed by atoms with Gasteiger partial charge in [-0.3, -0.25) is 24.0 Å². The van der Waals surface area contributed by atoms with Crippen LogP contribution in [-0.2, 0) is 13.1 Å². The van der Waals surface area contributed by atoms with Crippen LogP contribution >= 0.6 is 0 Å². The Hall–Kier alpha value is -2.90. The molecule has 0 aromatic carbocycles. The molecule has 3 aromatic rings. The van der Waals surface area contributed by atoms with Crippen molar-refractivity contribution in [2.75, 3.05) is 12.4 Å². The molecular weight excluding hydrogens is 296 g/mol. The smallest absolute Gasteiger partial charge is 0.333 e. The molecule has 2 N–H and O–H groups in total. The largest absolute Gasteiger partial charge is 0.373 e. The van der Waals surface area contributed by atoms with E-state index in [1.54, 1.807) is 19.4 Å². The molecule has 0 fully saturated rings. The molecule has 0 spiro atoms. The van der Waals surface area contributed by atoms with E-state index in [0.29, 0.717) is 36.4 Å². The predicted octanol–water partition coefficient (Wildman–Crippen LogP) is 0.781. The Balaban J connectivity index is 2.29. The molecule has 0 bridgehead atoms. The van der Waals surface area contributed by atoms with Gasteiger partial charge in [-0.2, -0.15) is 5.10 Å². The van der Waals surface area contributed by atoms with Gasteiger partial charge in [0.2, 0.25) is 0 Å². The van der Waals surface area contributed by atoms with Gasteiger partial charge in [0.1, 0.15) is 11.2 Å². The van der Waals surface area contributed by atoms with Crippen molar-refractivity contribution in [2.45, 2.75) is 26.4 Å². The maximum atomic E-state index is 12.7. The number of hydrogen-bond donors (Lipinski definition) is 2. The molecule has 3 rings (SSSR count). The summed E-state index contributed by atoms with van der Waals surface area (Å²) in [6.07, 6.45) is 4.04. The summed E-state index contributed by atoms with van der Waals surface area (Å²) in [5.41, 5.74) is 0.596. The van der Waals surface area contributed by atoms with E-state index in [1.165, 1.54) is 9.13 Å². The molecule has 0 saturated heterocycles. The molecule has 0 aliphatic carbocycles. The summed E-state index contributed by atoms with van der Waals surface area (Å²) >= 11 is 0. The Kier molecular flexibility index (Phi) is 3.96. The first-order chi connectivity index (χ1) is 11.2. The lowest BCUT2D eigenvalue weighted by atomic mass is 10.2. The van der Waals surface area contributed by atoms with Gasteiger partial charge in [-0.1, -0.05) is 6.92 Å². The third-order valence-corrected chi connectivity index (χ3v) is 3.71. The van der Waals surface area contributed by atoms with E-state index < -0.39 is 0 Å². The van der Waals surface area contributed by atoms with Gasteiger partial charge >= 0.3 is 5.69 Å². The molecule has 0 aliphatic heterocycles. The fourth-order valence-corrected chi connectivity index (χ4v) is 2.60. The van der Waals surface area contributed by atoms with E-state index in [2.05, 4.69) is 20.5 Å². The molecule has 3 heterocycles. The summed E-state index contributed by atoms with van der Waals surface area (Å²) in [4.78, 5) is 29.3.